The Morgan fingerprint density at radius 3 is 2.37 bits per heavy atom. The molecule has 1 aromatic carbocycles. The number of Topliss-reactive ketones (excluding diaryl/α,β-unsaturated/α-hetero) is 1. The van der Waals surface area contributed by atoms with Gasteiger partial charge in [-0.1, -0.05) is 49.6 Å². The molecule has 0 N–H and O–H groups in total. The lowest BCUT2D eigenvalue weighted by Crippen LogP contribution is -2.57. The predicted octanol–water partition coefficient (Wildman–Crippen LogP) is 3.69. The first kappa shape index (κ1) is 14.3. The van der Waals surface area contributed by atoms with Crippen LogP contribution in [-0.2, 0) is 0 Å². The number of likely N-dealkylation sites (N-methyl/N-ethyl adjacent to an activating group) is 1. The summed E-state index contributed by atoms with van der Waals surface area (Å²) in [6.45, 7) is 4.28. The van der Waals surface area contributed by atoms with Crippen LogP contribution in [0, 0.1) is 12.8 Å². The highest BCUT2D eigenvalue weighted by Crippen LogP contribution is 2.39. The van der Waals surface area contributed by atoms with E-state index in [0.717, 1.165) is 24.8 Å². The monoisotopic (exact) mass is 259 g/mol. The summed E-state index contributed by atoms with van der Waals surface area (Å²) in [6, 6.07) is 8.02. The van der Waals surface area contributed by atoms with Crippen molar-refractivity contribution in [3.8, 4) is 0 Å². The molecule has 1 aromatic rings. The molecule has 0 heterocycles. The lowest BCUT2D eigenvalue weighted by Gasteiger charge is -2.46. The van der Waals surface area contributed by atoms with Gasteiger partial charge in [0, 0.05) is 5.56 Å². The number of aryl methyl sites for hydroxylation is 1. The van der Waals surface area contributed by atoms with Gasteiger partial charge in [-0.25, -0.2) is 0 Å². The van der Waals surface area contributed by atoms with Crippen LogP contribution in [0.5, 0.6) is 0 Å². The average molecular weight is 259 g/mol. The number of hydrogen-bond acceptors (Lipinski definition) is 2. The van der Waals surface area contributed by atoms with E-state index in [1.807, 2.05) is 38.4 Å². The van der Waals surface area contributed by atoms with E-state index in [9.17, 15) is 4.79 Å². The molecule has 104 valence electrons. The Hall–Kier alpha value is -1.15. The zero-order chi connectivity index (χ0) is 14.0. The van der Waals surface area contributed by atoms with E-state index in [4.69, 9.17) is 0 Å². The van der Waals surface area contributed by atoms with Gasteiger partial charge >= 0.3 is 0 Å². The average Bonchev–Trinajstić information content (AvgIpc) is 2.39. The zero-order valence-corrected chi connectivity index (χ0v) is 12.6. The van der Waals surface area contributed by atoms with Crippen molar-refractivity contribution in [1.82, 2.24) is 4.90 Å². The Morgan fingerprint density at radius 1 is 1.21 bits per heavy atom. The predicted molar refractivity (Wildman–Crippen MR) is 79.6 cm³/mol. The Morgan fingerprint density at radius 2 is 1.84 bits per heavy atom. The van der Waals surface area contributed by atoms with Crippen LogP contribution in [0.1, 0.15) is 48.5 Å². The lowest BCUT2D eigenvalue weighted by atomic mass is 9.69. The molecule has 2 nitrogen and oxygen atoms in total. The number of carbonyl (C=O) groups is 1. The highest BCUT2D eigenvalue weighted by atomic mass is 16.1. The van der Waals surface area contributed by atoms with E-state index in [1.165, 1.54) is 12.0 Å². The third kappa shape index (κ3) is 2.46. The van der Waals surface area contributed by atoms with Gasteiger partial charge in [-0.3, -0.25) is 9.69 Å². The van der Waals surface area contributed by atoms with E-state index in [0.29, 0.717) is 11.7 Å². The smallest absolute Gasteiger partial charge is 0.183 e. The summed E-state index contributed by atoms with van der Waals surface area (Å²) in [5.41, 5.74) is 1.74. The first-order valence-corrected chi connectivity index (χ1v) is 7.27. The molecule has 1 aliphatic rings. The van der Waals surface area contributed by atoms with Crippen molar-refractivity contribution in [3.05, 3.63) is 35.4 Å². The summed E-state index contributed by atoms with van der Waals surface area (Å²) >= 11 is 0. The standard InChI is InChI=1S/C17H25NO/c1-13-8-10-15(11-9-13)16(19)17(18(3)4)12-6-5-7-14(17)2/h8-11,14H,5-7,12H2,1-4H3. The molecule has 2 heteroatoms. The number of rotatable bonds is 3. The molecule has 1 saturated carbocycles. The quantitative estimate of drug-likeness (QED) is 0.772. The van der Waals surface area contributed by atoms with Crippen molar-refractivity contribution in [2.24, 2.45) is 5.92 Å². The minimum absolute atomic E-state index is 0.296. The molecule has 1 aliphatic carbocycles. The Balaban J connectivity index is 2.38. The fourth-order valence-corrected chi connectivity index (χ4v) is 3.49. The number of carbonyl (C=O) groups excluding carboxylic acids is 1. The van der Waals surface area contributed by atoms with E-state index >= 15 is 0 Å². The molecule has 2 rings (SSSR count). The van der Waals surface area contributed by atoms with Crippen LogP contribution in [-0.4, -0.2) is 30.3 Å². The molecule has 0 aromatic heterocycles. The highest BCUT2D eigenvalue weighted by molar-refractivity contribution is 6.03. The first-order chi connectivity index (χ1) is 8.98. The van der Waals surface area contributed by atoms with Gasteiger partial charge in [0.05, 0.1) is 5.54 Å². The van der Waals surface area contributed by atoms with Crippen LogP contribution in [0.3, 0.4) is 0 Å². The van der Waals surface area contributed by atoms with Crippen molar-refractivity contribution in [3.63, 3.8) is 0 Å². The fraction of sp³-hybridized carbons (Fsp3) is 0.588. The second-order valence-electron chi connectivity index (χ2n) is 6.16. The Bertz CT molecular complexity index is 449. The van der Waals surface area contributed by atoms with Gasteiger partial charge < -0.3 is 0 Å². The van der Waals surface area contributed by atoms with Crippen molar-refractivity contribution >= 4 is 5.78 Å². The molecular formula is C17H25NO. The van der Waals surface area contributed by atoms with Crippen LogP contribution in [0.15, 0.2) is 24.3 Å². The van der Waals surface area contributed by atoms with E-state index < -0.39 is 0 Å². The number of ketones is 1. The third-order valence-electron chi connectivity index (χ3n) is 4.77. The molecule has 0 bridgehead atoms. The Kier molecular flexibility index (Phi) is 4.10. The maximum absolute atomic E-state index is 13.0. The molecular weight excluding hydrogens is 234 g/mol. The van der Waals surface area contributed by atoms with Gasteiger partial charge in [-0.15, -0.1) is 0 Å². The molecule has 2 unspecified atom stereocenters. The normalized spacial score (nSPS) is 27.5. The number of hydrogen-bond donors (Lipinski definition) is 0. The first-order valence-electron chi connectivity index (χ1n) is 7.27. The Labute approximate surface area is 116 Å². The minimum Gasteiger partial charge on any atom is -0.297 e. The summed E-state index contributed by atoms with van der Waals surface area (Å²) in [7, 11) is 4.10. The molecule has 0 saturated heterocycles. The van der Waals surface area contributed by atoms with Gasteiger partial charge in [-0.2, -0.15) is 0 Å². The van der Waals surface area contributed by atoms with Gasteiger partial charge in [-0.05, 0) is 39.8 Å². The van der Waals surface area contributed by atoms with Gasteiger partial charge in [0.2, 0.25) is 0 Å². The van der Waals surface area contributed by atoms with E-state index in [2.05, 4.69) is 18.7 Å². The summed E-state index contributed by atoms with van der Waals surface area (Å²) < 4.78 is 0. The van der Waals surface area contributed by atoms with E-state index in [-0.39, 0.29) is 5.54 Å². The fourth-order valence-electron chi connectivity index (χ4n) is 3.49. The lowest BCUT2D eigenvalue weighted by molar-refractivity contribution is 0.0355. The summed E-state index contributed by atoms with van der Waals surface area (Å²) in [6.07, 6.45) is 4.53. The van der Waals surface area contributed by atoms with Crippen LogP contribution < -0.4 is 0 Å². The molecule has 1 fully saturated rings. The molecule has 2 atom stereocenters. The molecule has 0 spiro atoms. The third-order valence-corrected chi connectivity index (χ3v) is 4.77. The molecule has 0 radical (unpaired) electrons. The summed E-state index contributed by atoms with van der Waals surface area (Å²) in [4.78, 5) is 15.2. The minimum atomic E-state index is -0.312. The van der Waals surface area contributed by atoms with Crippen molar-refractivity contribution < 1.29 is 4.79 Å². The van der Waals surface area contributed by atoms with Crippen molar-refractivity contribution in [2.45, 2.75) is 45.1 Å². The number of nitrogens with zero attached hydrogens (tertiary/aromatic N) is 1. The largest absolute Gasteiger partial charge is 0.297 e. The van der Waals surface area contributed by atoms with Gasteiger partial charge in [0.15, 0.2) is 5.78 Å². The van der Waals surface area contributed by atoms with Crippen molar-refractivity contribution in [1.29, 1.82) is 0 Å². The molecule has 0 amide bonds. The molecule has 19 heavy (non-hydrogen) atoms. The maximum atomic E-state index is 13.0. The second kappa shape index (κ2) is 5.46. The van der Waals surface area contributed by atoms with Crippen LogP contribution in [0.4, 0.5) is 0 Å². The number of benzene rings is 1. The highest BCUT2D eigenvalue weighted by Gasteiger charge is 2.46. The van der Waals surface area contributed by atoms with Crippen molar-refractivity contribution in [2.75, 3.05) is 14.1 Å². The summed E-state index contributed by atoms with van der Waals surface area (Å²) in [5.74, 6) is 0.717. The van der Waals surface area contributed by atoms with Crippen LogP contribution in [0.25, 0.3) is 0 Å². The molecule has 0 aliphatic heterocycles. The second-order valence-corrected chi connectivity index (χ2v) is 6.16. The van der Waals surface area contributed by atoms with Gasteiger partial charge in [0.1, 0.15) is 0 Å². The van der Waals surface area contributed by atoms with Crippen LogP contribution >= 0.6 is 0 Å². The van der Waals surface area contributed by atoms with Crippen LogP contribution in [0.2, 0.25) is 0 Å². The van der Waals surface area contributed by atoms with E-state index in [1.54, 1.807) is 0 Å². The summed E-state index contributed by atoms with van der Waals surface area (Å²) in [5, 5.41) is 0. The maximum Gasteiger partial charge on any atom is 0.183 e. The SMILES string of the molecule is Cc1ccc(C(=O)C2(N(C)C)CCCCC2C)cc1. The van der Waals surface area contributed by atoms with Gasteiger partial charge in [0.25, 0.3) is 0 Å². The zero-order valence-electron chi connectivity index (χ0n) is 12.6. The topological polar surface area (TPSA) is 20.3 Å².